The van der Waals surface area contributed by atoms with Crippen molar-refractivity contribution in [3.8, 4) is 0 Å². The molecule has 1 aromatic rings. The Balaban J connectivity index is 2.95. The number of nitrogens with zero attached hydrogens (tertiary/aromatic N) is 1. The Morgan fingerprint density at radius 2 is 1.62 bits per heavy atom. The van der Waals surface area contributed by atoms with Crippen LogP contribution in [-0.2, 0) is 30.4 Å². The summed E-state index contributed by atoms with van der Waals surface area (Å²) in [5.74, 6) is -5.57. The summed E-state index contributed by atoms with van der Waals surface area (Å²) < 4.78 is 0. The fraction of sp³-hybridized carbons (Fsp3) is 0.600. The molecular formula is C20H32N6O8. The molecule has 0 radical (unpaired) electrons. The van der Waals surface area contributed by atoms with Gasteiger partial charge in [0.25, 0.3) is 0 Å². The quantitative estimate of drug-likeness (QED) is 0.141. The topological polar surface area (TPSA) is 237 Å². The first-order chi connectivity index (χ1) is 15.8. The van der Waals surface area contributed by atoms with Crippen molar-refractivity contribution in [3.05, 3.63) is 18.2 Å². The van der Waals surface area contributed by atoms with Crippen molar-refractivity contribution >= 4 is 29.7 Å². The lowest BCUT2D eigenvalue weighted by Gasteiger charge is -2.26. The van der Waals surface area contributed by atoms with E-state index in [2.05, 4.69) is 25.9 Å². The zero-order valence-corrected chi connectivity index (χ0v) is 19.1. The van der Waals surface area contributed by atoms with Crippen LogP contribution in [0.25, 0.3) is 0 Å². The van der Waals surface area contributed by atoms with Crippen molar-refractivity contribution in [2.75, 3.05) is 0 Å². The van der Waals surface area contributed by atoms with Gasteiger partial charge in [-0.05, 0) is 19.3 Å². The number of nitrogens with two attached hydrogens (primary N) is 1. The van der Waals surface area contributed by atoms with Gasteiger partial charge in [0.15, 0.2) is 0 Å². The molecule has 1 aromatic heterocycles. The highest BCUT2D eigenvalue weighted by molar-refractivity contribution is 5.95. The van der Waals surface area contributed by atoms with Crippen LogP contribution in [-0.4, -0.2) is 85.2 Å². The highest BCUT2D eigenvalue weighted by Crippen LogP contribution is 2.05. The third-order valence-electron chi connectivity index (χ3n) is 4.73. The molecule has 14 nitrogen and oxygen atoms in total. The summed E-state index contributed by atoms with van der Waals surface area (Å²) >= 11 is 0. The zero-order chi connectivity index (χ0) is 26.0. The number of imidazole rings is 1. The Bertz CT molecular complexity index is 857. The van der Waals surface area contributed by atoms with Crippen LogP contribution in [0.2, 0.25) is 0 Å². The first-order valence-electron chi connectivity index (χ1n) is 10.6. The first kappa shape index (κ1) is 28.5. The lowest BCUT2D eigenvalue weighted by molar-refractivity contribution is -0.143. The van der Waals surface area contributed by atoms with Gasteiger partial charge in [0, 0.05) is 18.3 Å². The van der Waals surface area contributed by atoms with Crippen LogP contribution >= 0.6 is 0 Å². The van der Waals surface area contributed by atoms with Crippen molar-refractivity contribution in [1.82, 2.24) is 25.9 Å². The van der Waals surface area contributed by atoms with Gasteiger partial charge in [-0.15, -0.1) is 0 Å². The summed E-state index contributed by atoms with van der Waals surface area (Å²) in [4.78, 5) is 66.9. The highest BCUT2D eigenvalue weighted by Gasteiger charge is 2.33. The molecule has 5 atom stereocenters. The number of aromatic nitrogens is 2. The number of carbonyl (C=O) groups excluding carboxylic acids is 3. The zero-order valence-electron chi connectivity index (χ0n) is 19.1. The molecule has 1 rings (SSSR count). The van der Waals surface area contributed by atoms with Gasteiger partial charge in [0.2, 0.25) is 17.7 Å². The molecule has 0 aliphatic heterocycles. The van der Waals surface area contributed by atoms with Crippen LogP contribution < -0.4 is 21.7 Å². The molecular weight excluding hydrogens is 452 g/mol. The summed E-state index contributed by atoms with van der Waals surface area (Å²) in [7, 11) is 0. The van der Waals surface area contributed by atoms with E-state index in [4.69, 9.17) is 10.8 Å². The van der Waals surface area contributed by atoms with Gasteiger partial charge in [0.05, 0.1) is 24.9 Å². The van der Waals surface area contributed by atoms with Gasteiger partial charge in [-0.25, -0.2) is 9.78 Å². The predicted molar refractivity (Wildman–Crippen MR) is 117 cm³/mol. The SMILES string of the molecule is CC(C)CC(N)C(=O)NC(C(=O)NC(CC(=O)O)C(=O)NC(Cc1cnc[nH]1)C(=O)O)C(C)O. The fourth-order valence-electron chi connectivity index (χ4n) is 3.01. The van der Waals surface area contributed by atoms with E-state index in [0.717, 1.165) is 0 Å². The number of aliphatic carboxylic acids is 2. The Morgan fingerprint density at radius 1 is 1.00 bits per heavy atom. The third-order valence-corrected chi connectivity index (χ3v) is 4.73. The van der Waals surface area contributed by atoms with Gasteiger partial charge in [-0.2, -0.15) is 0 Å². The van der Waals surface area contributed by atoms with Gasteiger partial charge in [0.1, 0.15) is 18.1 Å². The lowest BCUT2D eigenvalue weighted by Crippen LogP contribution is -2.60. The molecule has 14 heteroatoms. The molecule has 9 N–H and O–H groups in total. The second-order valence-corrected chi connectivity index (χ2v) is 8.30. The van der Waals surface area contributed by atoms with Crippen LogP contribution in [0.3, 0.4) is 0 Å². The molecule has 5 unspecified atom stereocenters. The minimum Gasteiger partial charge on any atom is -0.481 e. The second kappa shape index (κ2) is 13.3. The Labute approximate surface area is 195 Å². The molecule has 0 aliphatic carbocycles. The van der Waals surface area contributed by atoms with Crippen LogP contribution in [0.5, 0.6) is 0 Å². The maximum atomic E-state index is 12.7. The number of amides is 3. The molecule has 0 fully saturated rings. The van der Waals surface area contributed by atoms with E-state index in [0.29, 0.717) is 12.1 Å². The number of carboxylic acids is 2. The van der Waals surface area contributed by atoms with E-state index in [1.54, 1.807) is 0 Å². The van der Waals surface area contributed by atoms with E-state index < -0.39 is 66.4 Å². The number of hydrogen-bond donors (Lipinski definition) is 8. The molecule has 0 saturated heterocycles. The van der Waals surface area contributed by atoms with Crippen molar-refractivity contribution in [2.45, 2.75) is 70.3 Å². The molecule has 0 saturated carbocycles. The molecule has 34 heavy (non-hydrogen) atoms. The number of hydrogen-bond acceptors (Lipinski definition) is 8. The van der Waals surface area contributed by atoms with Crippen molar-refractivity contribution in [1.29, 1.82) is 0 Å². The van der Waals surface area contributed by atoms with Crippen LogP contribution in [0, 0.1) is 5.92 Å². The normalized spacial score (nSPS) is 15.5. The Hall–Kier alpha value is -3.52. The summed E-state index contributed by atoms with van der Waals surface area (Å²) in [6, 6.07) is -5.61. The van der Waals surface area contributed by atoms with Crippen LogP contribution in [0.1, 0.15) is 39.3 Å². The van der Waals surface area contributed by atoms with Gasteiger partial charge >= 0.3 is 11.9 Å². The largest absolute Gasteiger partial charge is 0.481 e. The molecule has 3 amide bonds. The molecule has 0 spiro atoms. The molecule has 0 aromatic carbocycles. The number of nitrogens with one attached hydrogen (secondary N) is 4. The fourth-order valence-corrected chi connectivity index (χ4v) is 3.01. The molecule has 1 heterocycles. The average Bonchev–Trinajstić information content (AvgIpc) is 3.22. The summed E-state index contributed by atoms with van der Waals surface area (Å²) in [6.07, 6.45) is 0.545. The smallest absolute Gasteiger partial charge is 0.326 e. The number of aliphatic hydroxyl groups is 1. The minimum atomic E-state index is -1.68. The highest BCUT2D eigenvalue weighted by atomic mass is 16.4. The number of carboxylic acid groups (broad SMARTS) is 2. The van der Waals surface area contributed by atoms with E-state index in [1.807, 2.05) is 13.8 Å². The minimum absolute atomic E-state index is 0.0900. The second-order valence-electron chi connectivity index (χ2n) is 8.30. The van der Waals surface area contributed by atoms with Gasteiger partial charge < -0.3 is 42.0 Å². The average molecular weight is 485 g/mol. The Kier molecular flexibility index (Phi) is 11.1. The Morgan fingerprint density at radius 3 is 2.09 bits per heavy atom. The van der Waals surface area contributed by atoms with Crippen LogP contribution in [0.15, 0.2) is 12.5 Å². The number of aromatic amines is 1. The van der Waals surface area contributed by atoms with E-state index in [9.17, 15) is 34.2 Å². The summed E-state index contributed by atoms with van der Waals surface area (Å²) in [5.41, 5.74) is 6.19. The van der Waals surface area contributed by atoms with E-state index >= 15 is 0 Å². The third kappa shape index (κ3) is 9.54. The van der Waals surface area contributed by atoms with E-state index in [1.165, 1.54) is 19.4 Å². The predicted octanol–water partition coefficient (Wildman–Crippen LogP) is -2.28. The summed E-state index contributed by atoms with van der Waals surface area (Å²) in [6.45, 7) is 4.91. The van der Waals surface area contributed by atoms with Crippen LogP contribution in [0.4, 0.5) is 0 Å². The molecule has 0 bridgehead atoms. The van der Waals surface area contributed by atoms with Gasteiger partial charge in [-0.1, -0.05) is 13.8 Å². The monoisotopic (exact) mass is 484 g/mol. The number of aliphatic hydroxyl groups excluding tert-OH is 1. The number of carbonyl (C=O) groups is 5. The summed E-state index contributed by atoms with van der Waals surface area (Å²) in [5, 5.41) is 35.2. The van der Waals surface area contributed by atoms with Crippen molar-refractivity contribution in [2.24, 2.45) is 11.7 Å². The van der Waals surface area contributed by atoms with Gasteiger partial charge in [-0.3, -0.25) is 19.2 Å². The first-order valence-corrected chi connectivity index (χ1v) is 10.6. The number of H-pyrrole nitrogens is 1. The van der Waals surface area contributed by atoms with Crippen molar-refractivity contribution < 1.29 is 39.3 Å². The van der Waals surface area contributed by atoms with Crippen molar-refractivity contribution in [3.63, 3.8) is 0 Å². The number of rotatable bonds is 14. The maximum absolute atomic E-state index is 12.7. The van der Waals surface area contributed by atoms with E-state index in [-0.39, 0.29) is 12.3 Å². The lowest BCUT2D eigenvalue weighted by atomic mass is 10.0. The molecule has 0 aliphatic rings. The maximum Gasteiger partial charge on any atom is 0.326 e. The standard InChI is InChI=1S/C20H32N6O8/c1-9(2)4-12(21)17(30)26-16(10(3)27)19(32)24-13(6-15(28)29)18(31)25-14(20(33)34)5-11-7-22-8-23-11/h7-10,12-14,16,27H,4-6,21H2,1-3H3,(H,22,23)(H,24,32)(H,25,31)(H,26,30)(H,28,29)(H,33,34). The molecule has 190 valence electrons.